The van der Waals surface area contributed by atoms with E-state index in [1.807, 2.05) is 6.08 Å². The van der Waals surface area contributed by atoms with Crippen LogP contribution >= 0.6 is 0 Å². The quantitative estimate of drug-likeness (QED) is 0.0320. The zero-order valence-electron chi connectivity index (χ0n) is 57.4. The molecule has 0 aliphatic rings. The average Bonchev–Trinajstić information content (AvgIpc) is 3.52. The summed E-state index contributed by atoms with van der Waals surface area (Å²) in [5, 5.41) is 23.1. The van der Waals surface area contributed by atoms with Crippen LogP contribution in [0, 0.1) is 0 Å². The van der Waals surface area contributed by atoms with Crippen LogP contribution in [0.1, 0.15) is 418 Å². The topological polar surface area (TPSA) is 95.9 Å². The Hall–Kier alpha value is -2.18. The molecule has 0 saturated carbocycles. The summed E-state index contributed by atoms with van der Waals surface area (Å²) in [7, 11) is 0. The van der Waals surface area contributed by atoms with Crippen LogP contribution in [0.2, 0.25) is 0 Å². The third kappa shape index (κ3) is 70.8. The van der Waals surface area contributed by atoms with Crippen molar-refractivity contribution in [3.63, 3.8) is 0 Å². The molecule has 2 unspecified atom stereocenters. The van der Waals surface area contributed by atoms with Gasteiger partial charge in [0.2, 0.25) is 5.91 Å². The number of hydrogen-bond acceptors (Lipinski definition) is 5. The van der Waals surface area contributed by atoms with Crippen molar-refractivity contribution in [2.75, 3.05) is 13.2 Å². The van der Waals surface area contributed by atoms with Crippen molar-refractivity contribution in [3.8, 4) is 0 Å². The van der Waals surface area contributed by atoms with Gasteiger partial charge in [0.05, 0.1) is 25.4 Å². The first-order chi connectivity index (χ1) is 42.0. The minimum absolute atomic E-state index is 0.0185. The third-order valence-electron chi connectivity index (χ3n) is 17.8. The molecule has 0 rings (SSSR count). The van der Waals surface area contributed by atoms with E-state index in [-0.39, 0.29) is 18.5 Å². The molecule has 0 fully saturated rings. The van der Waals surface area contributed by atoms with Crippen LogP contribution in [0.3, 0.4) is 0 Å². The fourth-order valence-corrected chi connectivity index (χ4v) is 12.0. The van der Waals surface area contributed by atoms with E-state index in [0.29, 0.717) is 19.4 Å². The van der Waals surface area contributed by atoms with Crippen LogP contribution in [0.5, 0.6) is 0 Å². The first kappa shape index (κ1) is 82.8. The number of carbonyl (C=O) groups is 2. The van der Waals surface area contributed by atoms with E-state index in [9.17, 15) is 19.8 Å². The van der Waals surface area contributed by atoms with Crippen LogP contribution in [0.4, 0.5) is 0 Å². The number of carbonyl (C=O) groups excluding carboxylic acids is 2. The fraction of sp³-hybridized carbons (Fsp3) is 0.873. The van der Waals surface area contributed by atoms with Crippen molar-refractivity contribution in [3.05, 3.63) is 48.6 Å². The summed E-state index contributed by atoms with van der Waals surface area (Å²) in [5.41, 5.74) is 0. The van der Waals surface area contributed by atoms with Crippen molar-refractivity contribution in [2.24, 2.45) is 0 Å². The molecule has 0 spiro atoms. The SMILES string of the molecule is CCCCCCCC/C=C\CCCCCCCCCCCC(=O)OCCCCCCCCCCCCCCC/C=C\C/C=C\CCCCCCCCCCCCCCCCCCCC(=O)NC(CO)C(O)/C=C/CCCCCCCCCCCC. The van der Waals surface area contributed by atoms with E-state index in [0.717, 1.165) is 44.9 Å². The molecule has 0 heterocycles. The Morgan fingerprint density at radius 2 is 0.588 bits per heavy atom. The molecule has 6 heteroatoms. The maximum Gasteiger partial charge on any atom is 0.305 e. The van der Waals surface area contributed by atoms with Gasteiger partial charge in [-0.05, 0) is 89.9 Å². The lowest BCUT2D eigenvalue weighted by Crippen LogP contribution is -2.45. The van der Waals surface area contributed by atoms with Gasteiger partial charge in [-0.25, -0.2) is 0 Å². The van der Waals surface area contributed by atoms with Gasteiger partial charge in [-0.15, -0.1) is 0 Å². The summed E-state index contributed by atoms with van der Waals surface area (Å²) in [6.45, 7) is 4.92. The molecule has 0 aromatic heterocycles. The first-order valence-corrected chi connectivity index (χ1v) is 38.4. The van der Waals surface area contributed by atoms with Crippen LogP contribution in [-0.4, -0.2) is 47.4 Å². The van der Waals surface area contributed by atoms with Crippen LogP contribution < -0.4 is 5.32 Å². The summed E-state index contributed by atoms with van der Waals surface area (Å²) >= 11 is 0. The highest BCUT2D eigenvalue weighted by atomic mass is 16.5. The molecule has 0 saturated heterocycles. The Labute approximate surface area is 531 Å². The van der Waals surface area contributed by atoms with Crippen molar-refractivity contribution >= 4 is 11.9 Å². The number of allylic oxidation sites excluding steroid dienone is 7. The zero-order chi connectivity index (χ0) is 61.3. The van der Waals surface area contributed by atoms with Crippen molar-refractivity contribution in [1.29, 1.82) is 0 Å². The Morgan fingerprint density at radius 1 is 0.329 bits per heavy atom. The average molecular weight is 1190 g/mol. The summed E-state index contributed by atoms with van der Waals surface area (Å²) < 4.78 is 5.51. The molecule has 1 amide bonds. The van der Waals surface area contributed by atoms with Crippen molar-refractivity contribution in [1.82, 2.24) is 5.32 Å². The van der Waals surface area contributed by atoms with E-state index in [4.69, 9.17) is 4.74 Å². The van der Waals surface area contributed by atoms with Gasteiger partial charge in [-0.1, -0.05) is 364 Å². The molecule has 0 aliphatic heterocycles. The minimum atomic E-state index is -0.842. The van der Waals surface area contributed by atoms with Gasteiger partial charge < -0.3 is 20.3 Å². The van der Waals surface area contributed by atoms with E-state index < -0.39 is 12.1 Å². The highest BCUT2D eigenvalue weighted by Crippen LogP contribution is 2.19. The monoisotopic (exact) mass is 1190 g/mol. The van der Waals surface area contributed by atoms with E-state index in [2.05, 4.69) is 55.6 Å². The molecule has 2 atom stereocenters. The fourth-order valence-electron chi connectivity index (χ4n) is 12.0. The largest absolute Gasteiger partial charge is 0.466 e. The van der Waals surface area contributed by atoms with Gasteiger partial charge in [-0.3, -0.25) is 9.59 Å². The first-order valence-electron chi connectivity index (χ1n) is 38.4. The highest BCUT2D eigenvalue weighted by molar-refractivity contribution is 5.76. The molecule has 3 N–H and O–H groups in total. The van der Waals surface area contributed by atoms with Gasteiger partial charge in [0.1, 0.15) is 0 Å². The number of ether oxygens (including phenoxy) is 1. The Morgan fingerprint density at radius 3 is 0.906 bits per heavy atom. The maximum absolute atomic E-state index is 12.5. The van der Waals surface area contributed by atoms with Gasteiger partial charge in [-0.2, -0.15) is 0 Å². The molecule has 500 valence electrons. The molecule has 0 aliphatic carbocycles. The second-order valence-electron chi connectivity index (χ2n) is 26.3. The molecular formula is C79H149NO5. The number of aliphatic hydroxyl groups is 2. The number of amides is 1. The Balaban J connectivity index is 3.35. The Kier molecular flexibility index (Phi) is 72.4. The van der Waals surface area contributed by atoms with Crippen molar-refractivity contribution < 1.29 is 24.5 Å². The molecule has 0 aromatic carbocycles. The molecular weight excluding hydrogens is 1040 g/mol. The standard InChI is InChI=1S/C79H149NO5/c1-3-5-7-9-11-13-15-17-18-19-39-43-46-49-53-57-61-65-69-73-79(84)85-74-70-66-62-58-54-50-47-44-41-38-36-34-32-30-28-26-24-22-20-21-23-25-27-29-31-33-35-37-40-42-45-48-52-56-60-64-68-72-78(83)80-76(75-81)77(82)71-67-63-59-55-51-16-14-12-10-8-6-4-2/h17-18,20,22,26,28,67,71,76-77,81-82H,3-16,19,21,23-25,27,29-66,68-70,72-75H2,1-2H3,(H,80,83)/b18-17-,22-20-,28-26-,71-67+. The van der Waals surface area contributed by atoms with Crippen molar-refractivity contribution in [2.45, 2.75) is 431 Å². The zero-order valence-corrected chi connectivity index (χ0v) is 57.4. The minimum Gasteiger partial charge on any atom is -0.466 e. The number of aliphatic hydroxyl groups excluding tert-OH is 2. The van der Waals surface area contributed by atoms with Crippen LogP contribution in [0.15, 0.2) is 48.6 Å². The maximum atomic E-state index is 12.5. The lowest BCUT2D eigenvalue weighted by molar-refractivity contribution is -0.143. The van der Waals surface area contributed by atoms with Crippen LogP contribution in [0.25, 0.3) is 0 Å². The molecule has 0 bridgehead atoms. The van der Waals surface area contributed by atoms with Gasteiger partial charge >= 0.3 is 5.97 Å². The predicted molar refractivity (Wildman–Crippen MR) is 375 cm³/mol. The predicted octanol–water partition coefficient (Wildman–Crippen LogP) is 25.2. The highest BCUT2D eigenvalue weighted by Gasteiger charge is 2.18. The van der Waals surface area contributed by atoms with Gasteiger partial charge in [0.15, 0.2) is 0 Å². The number of nitrogens with one attached hydrogen (secondary N) is 1. The molecule has 0 aromatic rings. The molecule has 85 heavy (non-hydrogen) atoms. The summed E-state index contributed by atoms with van der Waals surface area (Å²) in [6.07, 6.45) is 98.1. The summed E-state index contributed by atoms with van der Waals surface area (Å²) in [5.74, 6) is -0.0460. The smallest absolute Gasteiger partial charge is 0.305 e. The summed E-state index contributed by atoms with van der Waals surface area (Å²) in [6, 6.07) is -0.625. The van der Waals surface area contributed by atoms with Crippen LogP contribution in [-0.2, 0) is 14.3 Å². The summed E-state index contributed by atoms with van der Waals surface area (Å²) in [4.78, 5) is 24.6. The second kappa shape index (κ2) is 74.3. The normalized spacial score (nSPS) is 12.8. The third-order valence-corrected chi connectivity index (χ3v) is 17.8. The van der Waals surface area contributed by atoms with E-state index in [1.54, 1.807) is 6.08 Å². The number of esters is 1. The van der Waals surface area contributed by atoms with Gasteiger partial charge in [0, 0.05) is 12.8 Å². The van der Waals surface area contributed by atoms with E-state index >= 15 is 0 Å². The second-order valence-corrected chi connectivity index (χ2v) is 26.3. The number of rotatable bonds is 72. The molecule has 0 radical (unpaired) electrons. The number of unbranched alkanes of at least 4 members (excludes halogenated alkanes) is 55. The van der Waals surface area contributed by atoms with Gasteiger partial charge in [0.25, 0.3) is 0 Å². The molecule has 6 nitrogen and oxygen atoms in total. The lowest BCUT2D eigenvalue weighted by Gasteiger charge is -2.20. The number of hydrogen-bond donors (Lipinski definition) is 3. The lowest BCUT2D eigenvalue weighted by atomic mass is 10.0. The van der Waals surface area contributed by atoms with E-state index in [1.165, 1.54) is 347 Å². The Bertz CT molecular complexity index is 1420.